The first kappa shape index (κ1) is 97.5. The second kappa shape index (κ2) is 82.1. The van der Waals surface area contributed by atoms with Crippen LogP contribution in [-0.4, -0.2) is 87.4 Å². The zero-order chi connectivity index (χ0) is 73.2. The van der Waals surface area contributed by atoms with E-state index >= 15 is 0 Å². The molecular formula is C92H168NO8+. The number of rotatable bonds is 82. The minimum atomic E-state index is -1.51. The van der Waals surface area contributed by atoms with Gasteiger partial charge in [-0.15, -0.1) is 0 Å². The summed E-state index contributed by atoms with van der Waals surface area (Å²) in [5.41, 5.74) is 0. The lowest BCUT2D eigenvalue weighted by Crippen LogP contribution is -2.40. The number of carboxylic acid groups (broad SMARTS) is 1. The molecule has 1 N–H and O–H groups in total. The Morgan fingerprint density at radius 2 is 0.564 bits per heavy atom. The monoisotopic (exact) mass is 1420 g/mol. The molecule has 0 bridgehead atoms. The van der Waals surface area contributed by atoms with Crippen LogP contribution in [0.2, 0.25) is 0 Å². The van der Waals surface area contributed by atoms with Gasteiger partial charge in [-0.25, -0.2) is 4.79 Å². The minimum Gasteiger partial charge on any atom is -0.477 e. The van der Waals surface area contributed by atoms with Crippen LogP contribution in [0.3, 0.4) is 0 Å². The highest BCUT2D eigenvalue weighted by Gasteiger charge is 2.25. The number of allylic oxidation sites excluding steroid dienone is 14. The van der Waals surface area contributed by atoms with E-state index in [0.29, 0.717) is 17.4 Å². The van der Waals surface area contributed by atoms with Crippen molar-refractivity contribution in [2.45, 2.75) is 437 Å². The Morgan fingerprint density at radius 3 is 0.851 bits per heavy atom. The highest BCUT2D eigenvalue weighted by Crippen LogP contribution is 2.20. The molecule has 0 radical (unpaired) electrons. The maximum absolute atomic E-state index is 13.0. The number of hydrogen-bond donors (Lipinski definition) is 1. The van der Waals surface area contributed by atoms with Crippen LogP contribution in [-0.2, 0) is 33.3 Å². The van der Waals surface area contributed by atoms with Crippen molar-refractivity contribution in [3.63, 3.8) is 0 Å². The largest absolute Gasteiger partial charge is 0.477 e. The molecule has 0 aliphatic heterocycles. The van der Waals surface area contributed by atoms with E-state index in [-0.39, 0.29) is 38.2 Å². The van der Waals surface area contributed by atoms with Crippen molar-refractivity contribution >= 4 is 17.9 Å². The van der Waals surface area contributed by atoms with Gasteiger partial charge in [0.1, 0.15) is 13.2 Å². The van der Waals surface area contributed by atoms with Crippen LogP contribution < -0.4 is 0 Å². The van der Waals surface area contributed by atoms with Crippen molar-refractivity contribution in [3.8, 4) is 0 Å². The summed E-state index contributed by atoms with van der Waals surface area (Å²) in [5.74, 6) is -1.97. The summed E-state index contributed by atoms with van der Waals surface area (Å²) >= 11 is 0. The first-order chi connectivity index (χ1) is 49.6. The van der Waals surface area contributed by atoms with Gasteiger partial charge in [-0.1, -0.05) is 407 Å². The predicted molar refractivity (Wildman–Crippen MR) is 438 cm³/mol. The lowest BCUT2D eigenvalue weighted by Gasteiger charge is -2.25. The van der Waals surface area contributed by atoms with E-state index in [0.717, 1.165) is 77.0 Å². The van der Waals surface area contributed by atoms with Gasteiger partial charge in [-0.2, -0.15) is 0 Å². The Hall–Kier alpha value is -3.53. The van der Waals surface area contributed by atoms with Gasteiger partial charge in [0.15, 0.2) is 6.10 Å². The third-order valence-corrected chi connectivity index (χ3v) is 19.6. The number of esters is 2. The molecule has 0 aromatic heterocycles. The summed E-state index contributed by atoms with van der Waals surface area (Å²) in [6, 6.07) is 0. The molecule has 101 heavy (non-hydrogen) atoms. The van der Waals surface area contributed by atoms with Crippen LogP contribution in [0.15, 0.2) is 85.1 Å². The average molecular weight is 1420 g/mol. The number of carbonyl (C=O) groups is 3. The van der Waals surface area contributed by atoms with Crippen molar-refractivity contribution in [2.75, 3.05) is 47.5 Å². The topological polar surface area (TPSA) is 108 Å². The number of quaternary nitrogens is 1. The average Bonchev–Trinajstić information content (AvgIpc) is 1.21. The number of hydrogen-bond acceptors (Lipinski definition) is 7. The molecule has 588 valence electrons. The molecular weight excluding hydrogens is 1250 g/mol. The van der Waals surface area contributed by atoms with Crippen LogP contribution >= 0.6 is 0 Å². The second-order valence-corrected chi connectivity index (χ2v) is 30.8. The first-order valence-corrected chi connectivity index (χ1v) is 43.8. The lowest BCUT2D eigenvalue weighted by atomic mass is 10.0. The van der Waals surface area contributed by atoms with Gasteiger partial charge in [0.2, 0.25) is 0 Å². The molecule has 0 saturated heterocycles. The van der Waals surface area contributed by atoms with Crippen molar-refractivity contribution in [1.29, 1.82) is 0 Å². The number of unbranched alkanes of at least 4 members (excludes halogenated alkanes) is 53. The highest BCUT2D eigenvalue weighted by atomic mass is 16.7. The summed E-state index contributed by atoms with van der Waals surface area (Å²) in [5, 5.41) is 9.79. The third-order valence-electron chi connectivity index (χ3n) is 19.6. The van der Waals surface area contributed by atoms with Crippen molar-refractivity contribution < 1.29 is 42.9 Å². The van der Waals surface area contributed by atoms with Gasteiger partial charge in [-0.3, -0.25) is 9.59 Å². The molecule has 0 aliphatic rings. The molecule has 0 saturated carbocycles. The molecule has 9 heteroatoms. The molecule has 2 unspecified atom stereocenters. The van der Waals surface area contributed by atoms with Crippen LogP contribution in [0.4, 0.5) is 0 Å². The van der Waals surface area contributed by atoms with Crippen molar-refractivity contribution in [1.82, 2.24) is 0 Å². The normalized spacial score (nSPS) is 13.0. The van der Waals surface area contributed by atoms with E-state index in [9.17, 15) is 19.5 Å². The first-order valence-electron chi connectivity index (χ1n) is 43.8. The van der Waals surface area contributed by atoms with Gasteiger partial charge < -0.3 is 28.5 Å². The fourth-order valence-electron chi connectivity index (χ4n) is 13.0. The molecule has 9 nitrogen and oxygen atoms in total. The van der Waals surface area contributed by atoms with E-state index in [2.05, 4.69) is 98.9 Å². The summed E-state index contributed by atoms with van der Waals surface area (Å²) < 4.78 is 23.1. The number of carbonyl (C=O) groups excluding carboxylic acids is 2. The van der Waals surface area contributed by atoms with E-state index in [1.165, 1.54) is 321 Å². The number of ether oxygens (including phenoxy) is 4. The van der Waals surface area contributed by atoms with Gasteiger partial charge in [-0.05, 0) is 89.9 Å². The maximum atomic E-state index is 13.0. The van der Waals surface area contributed by atoms with Gasteiger partial charge in [0.25, 0.3) is 6.29 Å². The SMILES string of the molecule is CC/C=C\C/C=C\C/C=C\C/C=C\C/C=C\C/C=C\CCCCCCCCCCCCCCCCCCCCCCC(=O)OC(COC(=O)CCCCCCCCCCCCCCCCCCCCCCCCCCC/C=C\CCCCCCCCCC)COC(OCC[N+](C)(C)C)C(=O)O. The molecule has 0 amide bonds. The van der Waals surface area contributed by atoms with Crippen LogP contribution in [0.5, 0.6) is 0 Å². The minimum absolute atomic E-state index is 0.178. The summed E-state index contributed by atoms with van der Waals surface area (Å²) in [6.45, 7) is 4.83. The molecule has 2 atom stereocenters. The Labute approximate surface area is 627 Å². The standard InChI is InChI=1S/C92H167NO8/c1-6-8-10-12-14-16-18-20-22-24-26-28-30-32-34-36-38-40-42-44-45-47-49-51-53-55-57-59-61-63-65-67-69-71-73-75-77-79-81-83-90(95)101-88(87-100-92(91(96)97)98-85-84-93(3,4)5)86-99-89(94)82-80-78-76-74-72-70-68-66-64-62-60-58-56-54-52-50-48-46-43-41-39-37-35-33-31-29-27-25-23-21-19-17-15-13-11-9-7-2/h8,10,14,16,20,22,25-28,32,34,38,40,88,92H,6-7,9,11-13,15,17-19,21,23-24,29-31,33,35-37,39,41-87H2,1-5H3/p+1/b10-8-,16-14-,22-20-,27-25-,28-26-,34-32-,40-38-. The highest BCUT2D eigenvalue weighted by molar-refractivity contribution is 5.71. The Morgan fingerprint density at radius 1 is 0.307 bits per heavy atom. The van der Waals surface area contributed by atoms with E-state index < -0.39 is 18.4 Å². The maximum Gasteiger partial charge on any atom is 0.361 e. The van der Waals surface area contributed by atoms with Crippen LogP contribution in [0.25, 0.3) is 0 Å². The van der Waals surface area contributed by atoms with Crippen molar-refractivity contribution in [3.05, 3.63) is 85.1 Å². The number of aliphatic carboxylic acids is 1. The second-order valence-electron chi connectivity index (χ2n) is 30.8. The lowest BCUT2D eigenvalue weighted by molar-refractivity contribution is -0.870. The quantitative estimate of drug-likeness (QED) is 0.0211. The summed E-state index contributed by atoms with van der Waals surface area (Å²) in [6.07, 6.45) is 111. The van der Waals surface area contributed by atoms with Gasteiger partial charge >= 0.3 is 17.9 Å². The molecule has 0 rings (SSSR count). The van der Waals surface area contributed by atoms with Gasteiger partial charge in [0, 0.05) is 12.8 Å². The Bertz CT molecular complexity index is 1940. The fraction of sp³-hybridized carbons (Fsp3) is 0.815. The molecule has 0 aromatic carbocycles. The molecule has 0 fully saturated rings. The zero-order valence-corrected chi connectivity index (χ0v) is 67.6. The smallest absolute Gasteiger partial charge is 0.361 e. The molecule has 0 aromatic rings. The number of carboxylic acids is 1. The molecule has 0 spiro atoms. The van der Waals surface area contributed by atoms with E-state index in [1.54, 1.807) is 0 Å². The summed E-state index contributed by atoms with van der Waals surface area (Å²) in [7, 11) is 6.00. The Kier molecular flexibility index (Phi) is 79.3. The van der Waals surface area contributed by atoms with Crippen molar-refractivity contribution in [2.24, 2.45) is 0 Å². The summed E-state index contributed by atoms with van der Waals surface area (Å²) in [4.78, 5) is 37.8. The fourth-order valence-corrected chi connectivity index (χ4v) is 13.0. The number of nitrogens with zero attached hydrogens (tertiary/aromatic N) is 1. The molecule has 0 heterocycles. The number of likely N-dealkylation sites (N-methyl/N-ethyl adjacent to an activating group) is 1. The molecule has 0 aliphatic carbocycles. The van der Waals surface area contributed by atoms with Crippen LogP contribution in [0, 0.1) is 0 Å². The van der Waals surface area contributed by atoms with Crippen LogP contribution in [0.1, 0.15) is 425 Å². The predicted octanol–water partition coefficient (Wildman–Crippen LogP) is 28.5. The zero-order valence-electron chi connectivity index (χ0n) is 67.6. The van der Waals surface area contributed by atoms with E-state index in [4.69, 9.17) is 18.9 Å². The van der Waals surface area contributed by atoms with Gasteiger partial charge in [0.05, 0.1) is 34.4 Å². The third kappa shape index (κ3) is 83.6. The Balaban J connectivity index is 3.94. The van der Waals surface area contributed by atoms with E-state index in [1.807, 2.05) is 21.1 Å².